The molecule has 0 saturated carbocycles. The second-order valence-electron chi connectivity index (χ2n) is 6.00. The molecule has 0 spiro atoms. The molecule has 1 saturated heterocycles. The highest BCUT2D eigenvalue weighted by atomic mass is 35.5. The first kappa shape index (κ1) is 18.3. The lowest BCUT2D eigenvalue weighted by molar-refractivity contribution is 0.128. The third kappa shape index (κ3) is 4.29. The van der Waals surface area contributed by atoms with Gasteiger partial charge >= 0.3 is 12.1 Å². The van der Waals surface area contributed by atoms with Crippen LogP contribution in [0.5, 0.6) is 0 Å². The SMILES string of the molecule is CC(NC(=O)N1CCN(C(=O)N(C)C)CC1)c1ccc(F)c(Cl)c1. The van der Waals surface area contributed by atoms with E-state index in [2.05, 4.69) is 5.32 Å². The van der Waals surface area contributed by atoms with E-state index < -0.39 is 5.82 Å². The van der Waals surface area contributed by atoms with Gasteiger partial charge in [-0.15, -0.1) is 0 Å². The molecular formula is C16H22ClFN4O2. The third-order valence-electron chi connectivity index (χ3n) is 4.00. The second-order valence-corrected chi connectivity index (χ2v) is 6.40. The molecule has 132 valence electrons. The van der Waals surface area contributed by atoms with Gasteiger partial charge in [-0.1, -0.05) is 17.7 Å². The zero-order valence-electron chi connectivity index (χ0n) is 14.1. The van der Waals surface area contributed by atoms with E-state index in [0.29, 0.717) is 26.2 Å². The minimum Gasteiger partial charge on any atom is -0.331 e. The van der Waals surface area contributed by atoms with Gasteiger partial charge in [-0.25, -0.2) is 14.0 Å². The van der Waals surface area contributed by atoms with E-state index in [1.54, 1.807) is 30.0 Å². The minimum absolute atomic E-state index is 0.0319. The number of halogens is 2. The van der Waals surface area contributed by atoms with Gasteiger partial charge in [-0.2, -0.15) is 0 Å². The molecule has 1 N–H and O–H groups in total. The van der Waals surface area contributed by atoms with E-state index in [1.807, 2.05) is 6.92 Å². The Balaban J connectivity index is 1.89. The molecule has 1 aromatic rings. The van der Waals surface area contributed by atoms with E-state index in [0.717, 1.165) is 5.56 Å². The summed E-state index contributed by atoms with van der Waals surface area (Å²) in [6.45, 7) is 3.76. The largest absolute Gasteiger partial charge is 0.331 e. The Kier molecular flexibility index (Phi) is 5.88. The number of benzene rings is 1. The molecular weight excluding hydrogens is 335 g/mol. The average Bonchev–Trinajstić information content (AvgIpc) is 2.56. The molecule has 1 aromatic carbocycles. The van der Waals surface area contributed by atoms with Gasteiger partial charge in [0, 0.05) is 40.3 Å². The third-order valence-corrected chi connectivity index (χ3v) is 4.29. The number of piperazine rings is 1. The van der Waals surface area contributed by atoms with Crippen molar-refractivity contribution in [3.63, 3.8) is 0 Å². The molecule has 1 aliphatic rings. The van der Waals surface area contributed by atoms with E-state index in [1.165, 1.54) is 17.0 Å². The van der Waals surface area contributed by atoms with E-state index in [9.17, 15) is 14.0 Å². The van der Waals surface area contributed by atoms with Crippen molar-refractivity contribution < 1.29 is 14.0 Å². The second kappa shape index (κ2) is 7.70. The van der Waals surface area contributed by atoms with Crippen LogP contribution in [0.1, 0.15) is 18.5 Å². The number of hydrogen-bond donors (Lipinski definition) is 1. The number of carbonyl (C=O) groups is 2. The molecule has 0 bridgehead atoms. The summed E-state index contributed by atoms with van der Waals surface area (Å²) in [6, 6.07) is 3.84. The van der Waals surface area contributed by atoms with Gasteiger partial charge < -0.3 is 20.0 Å². The molecule has 8 heteroatoms. The maximum atomic E-state index is 13.2. The number of rotatable bonds is 2. The topological polar surface area (TPSA) is 55.9 Å². The molecule has 1 unspecified atom stereocenters. The fourth-order valence-electron chi connectivity index (χ4n) is 2.53. The number of carbonyl (C=O) groups excluding carboxylic acids is 2. The van der Waals surface area contributed by atoms with Crippen LogP contribution in [0.3, 0.4) is 0 Å². The highest BCUT2D eigenvalue weighted by Gasteiger charge is 2.25. The number of hydrogen-bond acceptors (Lipinski definition) is 2. The Bertz CT molecular complexity index is 618. The molecule has 24 heavy (non-hydrogen) atoms. The van der Waals surface area contributed by atoms with Crippen LogP contribution in [0, 0.1) is 5.82 Å². The van der Waals surface area contributed by atoms with Gasteiger partial charge in [-0.3, -0.25) is 0 Å². The summed E-state index contributed by atoms with van der Waals surface area (Å²) in [5.74, 6) is -0.486. The average molecular weight is 357 g/mol. The molecule has 1 fully saturated rings. The predicted molar refractivity (Wildman–Crippen MR) is 90.6 cm³/mol. The maximum absolute atomic E-state index is 13.2. The van der Waals surface area contributed by atoms with Crippen LogP contribution in [-0.2, 0) is 0 Å². The molecule has 0 aromatic heterocycles. The fourth-order valence-corrected chi connectivity index (χ4v) is 2.71. The fraction of sp³-hybridized carbons (Fsp3) is 0.500. The summed E-state index contributed by atoms with van der Waals surface area (Å²) in [6.07, 6.45) is 0. The van der Waals surface area contributed by atoms with Gasteiger partial charge in [0.15, 0.2) is 0 Å². The van der Waals surface area contributed by atoms with Crippen LogP contribution in [0.15, 0.2) is 18.2 Å². The van der Waals surface area contributed by atoms with Crippen LogP contribution < -0.4 is 5.32 Å². The number of nitrogens with zero attached hydrogens (tertiary/aromatic N) is 3. The van der Waals surface area contributed by atoms with Crippen molar-refractivity contribution in [3.8, 4) is 0 Å². The van der Waals surface area contributed by atoms with E-state index in [4.69, 9.17) is 11.6 Å². The number of nitrogens with one attached hydrogen (secondary N) is 1. The molecule has 0 aliphatic carbocycles. The molecule has 6 nitrogen and oxygen atoms in total. The highest BCUT2D eigenvalue weighted by molar-refractivity contribution is 6.30. The van der Waals surface area contributed by atoms with Gasteiger partial charge in [-0.05, 0) is 24.6 Å². The summed E-state index contributed by atoms with van der Waals surface area (Å²) in [7, 11) is 3.41. The standard InChI is InChI=1S/C16H22ClFN4O2/c1-11(12-4-5-14(18)13(17)10-12)19-15(23)21-6-8-22(9-7-21)16(24)20(2)3/h4-5,10-11H,6-9H2,1-3H3,(H,19,23). The Morgan fingerprint density at radius 2 is 1.79 bits per heavy atom. The summed E-state index contributed by atoms with van der Waals surface area (Å²) < 4.78 is 13.2. The Hall–Kier alpha value is -2.02. The summed E-state index contributed by atoms with van der Waals surface area (Å²) >= 11 is 5.77. The lowest BCUT2D eigenvalue weighted by Gasteiger charge is -2.36. The molecule has 2 rings (SSSR count). The smallest absolute Gasteiger partial charge is 0.319 e. The van der Waals surface area contributed by atoms with Crippen molar-refractivity contribution in [2.45, 2.75) is 13.0 Å². The summed E-state index contributed by atoms with van der Waals surface area (Å²) in [5.41, 5.74) is 0.733. The van der Waals surface area contributed by atoms with Gasteiger partial charge in [0.25, 0.3) is 0 Å². The quantitative estimate of drug-likeness (QED) is 0.885. The van der Waals surface area contributed by atoms with Crippen molar-refractivity contribution in [3.05, 3.63) is 34.6 Å². The van der Waals surface area contributed by atoms with Crippen LogP contribution in [0.2, 0.25) is 5.02 Å². The van der Waals surface area contributed by atoms with Crippen molar-refractivity contribution in [1.29, 1.82) is 0 Å². The number of amides is 4. The monoisotopic (exact) mass is 356 g/mol. The van der Waals surface area contributed by atoms with Crippen molar-refractivity contribution >= 4 is 23.7 Å². The van der Waals surface area contributed by atoms with Crippen LogP contribution in [0.4, 0.5) is 14.0 Å². The van der Waals surface area contributed by atoms with Crippen LogP contribution in [-0.4, -0.2) is 67.0 Å². The van der Waals surface area contributed by atoms with Crippen LogP contribution >= 0.6 is 11.6 Å². The van der Waals surface area contributed by atoms with Crippen LogP contribution in [0.25, 0.3) is 0 Å². The first-order valence-electron chi connectivity index (χ1n) is 7.76. The van der Waals surface area contributed by atoms with Gasteiger partial charge in [0.05, 0.1) is 11.1 Å². The maximum Gasteiger partial charge on any atom is 0.319 e. The zero-order chi connectivity index (χ0) is 17.9. The highest BCUT2D eigenvalue weighted by Crippen LogP contribution is 2.21. The molecule has 4 amide bonds. The lowest BCUT2D eigenvalue weighted by atomic mass is 10.1. The summed E-state index contributed by atoms with van der Waals surface area (Å²) in [5, 5.41) is 2.90. The molecule has 1 heterocycles. The minimum atomic E-state index is -0.486. The predicted octanol–water partition coefficient (Wildman–Crippen LogP) is 2.55. The Labute approximate surface area is 146 Å². The molecule has 0 radical (unpaired) electrons. The van der Waals surface area contributed by atoms with Crippen molar-refractivity contribution in [2.24, 2.45) is 0 Å². The molecule has 1 aliphatic heterocycles. The first-order chi connectivity index (χ1) is 11.3. The van der Waals surface area contributed by atoms with Crippen molar-refractivity contribution in [2.75, 3.05) is 40.3 Å². The Morgan fingerprint density at radius 3 is 2.33 bits per heavy atom. The Morgan fingerprint density at radius 1 is 1.21 bits per heavy atom. The first-order valence-corrected chi connectivity index (χ1v) is 8.14. The van der Waals surface area contributed by atoms with Crippen molar-refractivity contribution in [1.82, 2.24) is 20.0 Å². The lowest BCUT2D eigenvalue weighted by Crippen LogP contribution is -2.55. The normalized spacial score (nSPS) is 15.9. The zero-order valence-corrected chi connectivity index (χ0v) is 14.8. The number of urea groups is 2. The molecule has 1 atom stereocenters. The van der Waals surface area contributed by atoms with Gasteiger partial charge in [0.2, 0.25) is 0 Å². The van der Waals surface area contributed by atoms with E-state index >= 15 is 0 Å². The summed E-state index contributed by atoms with van der Waals surface area (Å²) in [4.78, 5) is 29.1. The van der Waals surface area contributed by atoms with E-state index in [-0.39, 0.29) is 23.1 Å². The van der Waals surface area contributed by atoms with Gasteiger partial charge in [0.1, 0.15) is 5.82 Å².